The molecule has 152 valence electrons. The Balaban J connectivity index is 0.000000568. The van der Waals surface area contributed by atoms with Crippen LogP contribution in [-0.4, -0.2) is 43.5 Å². The molecule has 0 aliphatic heterocycles. The average molecular weight is 456 g/mol. The molecule has 0 radical (unpaired) electrons. The summed E-state index contributed by atoms with van der Waals surface area (Å²) in [6.45, 7) is 1.51. The summed E-state index contributed by atoms with van der Waals surface area (Å²) in [5.74, 6) is -1.70. The minimum atomic E-state index is -1.82. The van der Waals surface area contributed by atoms with Gasteiger partial charge in [-0.1, -0.05) is 28.1 Å². The van der Waals surface area contributed by atoms with Crippen LogP contribution in [0.1, 0.15) is 11.1 Å². The Bertz CT molecular complexity index is 756. The Morgan fingerprint density at radius 1 is 0.857 bits per heavy atom. The van der Waals surface area contributed by atoms with Crippen LogP contribution >= 0.6 is 15.9 Å². The molecule has 0 bridgehead atoms. The minimum absolute atomic E-state index is 0.613. The maximum absolute atomic E-state index is 9.10. The predicted octanol–water partition coefficient (Wildman–Crippen LogP) is 2.92. The van der Waals surface area contributed by atoms with Gasteiger partial charge in [0.15, 0.2) is 11.5 Å². The maximum atomic E-state index is 9.10. The molecule has 2 aromatic rings. The SMILES string of the molecule is COc1cc(CNCc2ccc(Br)cc2)cc(OC)c1OC.O=C(O)C(=O)O. The van der Waals surface area contributed by atoms with Crippen LogP contribution in [0.4, 0.5) is 0 Å². The van der Waals surface area contributed by atoms with Crippen LogP contribution in [0.2, 0.25) is 0 Å². The van der Waals surface area contributed by atoms with Crippen LogP contribution in [-0.2, 0) is 22.7 Å². The van der Waals surface area contributed by atoms with Crippen molar-refractivity contribution < 1.29 is 34.0 Å². The summed E-state index contributed by atoms with van der Waals surface area (Å²) < 4.78 is 17.1. The van der Waals surface area contributed by atoms with E-state index in [-0.39, 0.29) is 0 Å². The third kappa shape index (κ3) is 7.45. The van der Waals surface area contributed by atoms with Crippen molar-refractivity contribution in [2.45, 2.75) is 13.1 Å². The molecule has 0 aromatic heterocycles. The van der Waals surface area contributed by atoms with Crippen LogP contribution in [0.25, 0.3) is 0 Å². The zero-order valence-electron chi connectivity index (χ0n) is 15.7. The quantitative estimate of drug-likeness (QED) is 0.545. The van der Waals surface area contributed by atoms with Crippen LogP contribution in [0.5, 0.6) is 17.2 Å². The summed E-state index contributed by atoms with van der Waals surface area (Å²) in [5.41, 5.74) is 2.31. The lowest BCUT2D eigenvalue weighted by molar-refractivity contribution is -0.159. The first-order valence-corrected chi connectivity index (χ1v) is 8.81. The molecule has 0 heterocycles. The fraction of sp³-hybridized carbons (Fsp3) is 0.263. The molecule has 9 heteroatoms. The van der Waals surface area contributed by atoms with Gasteiger partial charge in [0.2, 0.25) is 5.75 Å². The van der Waals surface area contributed by atoms with Gasteiger partial charge < -0.3 is 29.7 Å². The Hall–Kier alpha value is -2.78. The highest BCUT2D eigenvalue weighted by molar-refractivity contribution is 9.10. The second-order valence-electron chi connectivity index (χ2n) is 5.37. The zero-order valence-corrected chi connectivity index (χ0v) is 17.3. The molecule has 8 nitrogen and oxygen atoms in total. The first-order valence-electron chi connectivity index (χ1n) is 8.02. The second kappa shape index (κ2) is 11.8. The Morgan fingerprint density at radius 2 is 1.32 bits per heavy atom. The summed E-state index contributed by atoms with van der Waals surface area (Å²) in [7, 11) is 4.85. The van der Waals surface area contributed by atoms with Crippen molar-refractivity contribution in [3.8, 4) is 17.2 Å². The highest BCUT2D eigenvalue weighted by atomic mass is 79.9. The molecule has 0 spiro atoms. The van der Waals surface area contributed by atoms with Gasteiger partial charge in [-0.2, -0.15) is 0 Å². The van der Waals surface area contributed by atoms with E-state index >= 15 is 0 Å². The van der Waals surface area contributed by atoms with Crippen molar-refractivity contribution in [2.24, 2.45) is 0 Å². The van der Waals surface area contributed by atoms with Crippen LogP contribution < -0.4 is 19.5 Å². The van der Waals surface area contributed by atoms with Crippen molar-refractivity contribution in [3.63, 3.8) is 0 Å². The number of carbonyl (C=O) groups is 2. The molecule has 0 saturated heterocycles. The van der Waals surface area contributed by atoms with Gasteiger partial charge >= 0.3 is 11.9 Å². The third-order valence-electron chi connectivity index (χ3n) is 3.48. The largest absolute Gasteiger partial charge is 0.493 e. The molecule has 3 N–H and O–H groups in total. The lowest BCUT2D eigenvalue weighted by Crippen LogP contribution is -2.13. The van der Waals surface area contributed by atoms with Gasteiger partial charge in [0.05, 0.1) is 21.3 Å². The number of rotatable bonds is 7. The number of nitrogens with one attached hydrogen (secondary N) is 1. The van der Waals surface area contributed by atoms with E-state index in [1.807, 2.05) is 24.3 Å². The monoisotopic (exact) mass is 455 g/mol. The van der Waals surface area contributed by atoms with Crippen LogP contribution in [0.15, 0.2) is 40.9 Å². The van der Waals surface area contributed by atoms with Gasteiger partial charge in [-0.25, -0.2) is 9.59 Å². The number of benzene rings is 2. The number of halogens is 1. The van der Waals surface area contributed by atoms with Crippen molar-refractivity contribution in [1.29, 1.82) is 0 Å². The van der Waals surface area contributed by atoms with Gasteiger partial charge in [-0.05, 0) is 35.4 Å². The summed E-state index contributed by atoms with van der Waals surface area (Å²) in [5, 5.41) is 18.2. The summed E-state index contributed by atoms with van der Waals surface area (Å²) in [6, 6.07) is 12.2. The Kier molecular flexibility index (Phi) is 9.83. The van der Waals surface area contributed by atoms with Gasteiger partial charge in [-0.15, -0.1) is 0 Å². The van der Waals surface area contributed by atoms with Crippen molar-refractivity contribution in [1.82, 2.24) is 5.32 Å². The predicted molar refractivity (Wildman–Crippen MR) is 106 cm³/mol. The molecule has 28 heavy (non-hydrogen) atoms. The first kappa shape index (κ1) is 23.3. The minimum Gasteiger partial charge on any atom is -0.493 e. The summed E-state index contributed by atoms with van der Waals surface area (Å²) in [6.07, 6.45) is 0. The molecule has 0 aliphatic carbocycles. The molecule has 2 rings (SSSR count). The molecule has 0 unspecified atom stereocenters. The second-order valence-corrected chi connectivity index (χ2v) is 6.29. The number of hydrogen-bond acceptors (Lipinski definition) is 6. The van der Waals surface area contributed by atoms with E-state index in [0.29, 0.717) is 23.8 Å². The third-order valence-corrected chi connectivity index (χ3v) is 4.01. The zero-order chi connectivity index (χ0) is 21.1. The molecule has 0 atom stereocenters. The summed E-state index contributed by atoms with van der Waals surface area (Å²) in [4.78, 5) is 18.2. The van der Waals surface area contributed by atoms with E-state index < -0.39 is 11.9 Å². The van der Waals surface area contributed by atoms with E-state index in [1.165, 1.54) is 5.56 Å². The van der Waals surface area contributed by atoms with E-state index in [0.717, 1.165) is 16.6 Å². The number of aliphatic carboxylic acids is 2. The molecule has 0 fully saturated rings. The fourth-order valence-corrected chi connectivity index (χ4v) is 2.46. The van der Waals surface area contributed by atoms with E-state index in [1.54, 1.807) is 21.3 Å². The molecule has 0 saturated carbocycles. The van der Waals surface area contributed by atoms with Gasteiger partial charge in [0.25, 0.3) is 0 Å². The van der Waals surface area contributed by atoms with Gasteiger partial charge in [-0.3, -0.25) is 0 Å². The smallest absolute Gasteiger partial charge is 0.414 e. The Morgan fingerprint density at radius 3 is 1.71 bits per heavy atom. The highest BCUT2D eigenvalue weighted by Crippen LogP contribution is 2.38. The molecular weight excluding hydrogens is 434 g/mol. The van der Waals surface area contributed by atoms with Crippen molar-refractivity contribution >= 4 is 27.9 Å². The number of ether oxygens (including phenoxy) is 3. The number of carboxylic acids is 2. The van der Waals surface area contributed by atoms with Crippen LogP contribution in [0.3, 0.4) is 0 Å². The lowest BCUT2D eigenvalue weighted by Gasteiger charge is -2.14. The van der Waals surface area contributed by atoms with E-state index in [2.05, 4.69) is 33.4 Å². The molecule has 0 aliphatic rings. The first-order chi connectivity index (χ1) is 13.3. The van der Waals surface area contributed by atoms with Crippen molar-refractivity contribution in [2.75, 3.05) is 21.3 Å². The molecule has 2 aromatic carbocycles. The standard InChI is InChI=1S/C17H20BrNO3.C2H2O4/c1-20-15-8-13(9-16(21-2)17(15)22-3)11-19-10-12-4-6-14(18)7-5-12;3-1(4)2(5)6/h4-9,19H,10-11H2,1-3H3;(H,3,4)(H,5,6). The van der Waals surface area contributed by atoms with Crippen LogP contribution in [0, 0.1) is 0 Å². The highest BCUT2D eigenvalue weighted by Gasteiger charge is 2.12. The summed E-state index contributed by atoms with van der Waals surface area (Å²) >= 11 is 3.44. The van der Waals surface area contributed by atoms with Crippen molar-refractivity contribution in [3.05, 3.63) is 52.0 Å². The normalized spacial score (nSPS) is 9.71. The van der Waals surface area contributed by atoms with E-state index in [4.69, 9.17) is 34.0 Å². The topological polar surface area (TPSA) is 114 Å². The molecule has 0 amide bonds. The van der Waals surface area contributed by atoms with E-state index in [9.17, 15) is 0 Å². The number of hydrogen-bond donors (Lipinski definition) is 3. The Labute approximate surface area is 171 Å². The molecular formula is C19H22BrNO7. The number of carboxylic acid groups (broad SMARTS) is 2. The maximum Gasteiger partial charge on any atom is 0.414 e. The fourth-order valence-electron chi connectivity index (χ4n) is 2.19. The number of methoxy groups -OCH3 is 3. The average Bonchev–Trinajstić information content (AvgIpc) is 2.69. The van der Waals surface area contributed by atoms with Gasteiger partial charge in [0, 0.05) is 17.6 Å². The van der Waals surface area contributed by atoms with Gasteiger partial charge in [0.1, 0.15) is 0 Å². The lowest BCUT2D eigenvalue weighted by atomic mass is 10.1.